The third kappa shape index (κ3) is 2.08. The zero-order valence-corrected chi connectivity index (χ0v) is 9.49. The Morgan fingerprint density at radius 1 is 1.11 bits per heavy atom. The zero-order chi connectivity index (χ0) is 13.3. The quantitative estimate of drug-likeness (QED) is 0.857. The maximum Gasteiger partial charge on any atom is 0.356 e. The highest BCUT2D eigenvalue weighted by molar-refractivity contribution is 5.88. The predicted octanol–water partition coefficient (Wildman–Crippen LogP) is 1.58. The van der Waals surface area contributed by atoms with Gasteiger partial charge in [-0.2, -0.15) is 5.10 Å². The molecule has 0 amide bonds. The summed E-state index contributed by atoms with van der Waals surface area (Å²) in [6.45, 7) is 1.73. The summed E-state index contributed by atoms with van der Waals surface area (Å²) in [6.07, 6.45) is 0. The SMILES string of the molecule is Cc1cc(C(=O)O)nn1-c1ccc(C(=O)O)cc1. The van der Waals surface area contributed by atoms with Crippen LogP contribution in [0.5, 0.6) is 0 Å². The second-order valence-electron chi connectivity index (χ2n) is 3.74. The van der Waals surface area contributed by atoms with Crippen LogP contribution < -0.4 is 0 Å². The van der Waals surface area contributed by atoms with Gasteiger partial charge in [0.1, 0.15) is 0 Å². The summed E-state index contributed by atoms with van der Waals surface area (Å²) in [5.74, 6) is -2.11. The Balaban J connectivity index is 2.42. The lowest BCUT2D eigenvalue weighted by Gasteiger charge is -2.04. The van der Waals surface area contributed by atoms with E-state index in [0.717, 1.165) is 0 Å². The number of carbonyl (C=O) groups is 2. The molecule has 0 fully saturated rings. The van der Waals surface area contributed by atoms with Gasteiger partial charge in [-0.3, -0.25) is 0 Å². The summed E-state index contributed by atoms with van der Waals surface area (Å²) in [6, 6.07) is 7.50. The molecule has 0 atom stereocenters. The van der Waals surface area contributed by atoms with Crippen LogP contribution in [0.1, 0.15) is 26.5 Å². The first-order chi connectivity index (χ1) is 8.49. The Morgan fingerprint density at radius 3 is 2.17 bits per heavy atom. The smallest absolute Gasteiger partial charge is 0.356 e. The number of hydrogen-bond donors (Lipinski definition) is 2. The largest absolute Gasteiger partial charge is 0.478 e. The summed E-state index contributed by atoms with van der Waals surface area (Å²) < 4.78 is 1.45. The van der Waals surface area contributed by atoms with Crippen LogP contribution in [0.2, 0.25) is 0 Å². The van der Waals surface area contributed by atoms with E-state index in [1.165, 1.54) is 22.9 Å². The first-order valence-electron chi connectivity index (χ1n) is 5.12. The van der Waals surface area contributed by atoms with E-state index in [2.05, 4.69) is 5.10 Å². The van der Waals surface area contributed by atoms with Crippen molar-refractivity contribution in [1.82, 2.24) is 9.78 Å². The van der Waals surface area contributed by atoms with E-state index in [9.17, 15) is 9.59 Å². The molecule has 1 aromatic carbocycles. The van der Waals surface area contributed by atoms with E-state index in [-0.39, 0.29) is 11.3 Å². The van der Waals surface area contributed by atoms with Gasteiger partial charge in [0, 0.05) is 5.69 Å². The van der Waals surface area contributed by atoms with Crippen LogP contribution in [0, 0.1) is 6.92 Å². The molecule has 2 rings (SSSR count). The Bertz CT molecular complexity index is 614. The highest BCUT2D eigenvalue weighted by Crippen LogP contribution is 2.13. The van der Waals surface area contributed by atoms with Crippen molar-refractivity contribution in [2.45, 2.75) is 6.92 Å². The molecular weight excluding hydrogens is 236 g/mol. The molecule has 0 spiro atoms. The van der Waals surface area contributed by atoms with Crippen LogP contribution in [0.4, 0.5) is 0 Å². The van der Waals surface area contributed by atoms with Crippen molar-refractivity contribution in [1.29, 1.82) is 0 Å². The average molecular weight is 246 g/mol. The average Bonchev–Trinajstić information content (AvgIpc) is 2.71. The minimum atomic E-state index is -1.10. The van der Waals surface area contributed by atoms with Crippen molar-refractivity contribution in [3.63, 3.8) is 0 Å². The Hall–Kier alpha value is -2.63. The van der Waals surface area contributed by atoms with E-state index in [0.29, 0.717) is 11.4 Å². The number of aromatic nitrogens is 2. The third-order valence-corrected chi connectivity index (χ3v) is 2.47. The van der Waals surface area contributed by atoms with Crippen LogP contribution in [0.15, 0.2) is 30.3 Å². The van der Waals surface area contributed by atoms with Gasteiger partial charge in [-0.1, -0.05) is 0 Å². The third-order valence-electron chi connectivity index (χ3n) is 2.47. The molecule has 0 saturated carbocycles. The van der Waals surface area contributed by atoms with E-state index in [1.807, 2.05) is 0 Å². The molecule has 92 valence electrons. The second-order valence-corrected chi connectivity index (χ2v) is 3.74. The molecule has 0 saturated heterocycles. The van der Waals surface area contributed by atoms with Gasteiger partial charge in [-0.25, -0.2) is 14.3 Å². The molecule has 6 heteroatoms. The fourth-order valence-electron chi connectivity index (χ4n) is 1.59. The summed E-state index contributed by atoms with van der Waals surface area (Å²) >= 11 is 0. The van der Waals surface area contributed by atoms with Gasteiger partial charge in [0.05, 0.1) is 11.3 Å². The van der Waals surface area contributed by atoms with E-state index in [1.54, 1.807) is 19.1 Å². The number of benzene rings is 1. The maximum absolute atomic E-state index is 10.8. The molecule has 0 aliphatic carbocycles. The van der Waals surface area contributed by atoms with E-state index in [4.69, 9.17) is 10.2 Å². The molecule has 1 heterocycles. The van der Waals surface area contributed by atoms with Gasteiger partial charge in [-0.05, 0) is 37.3 Å². The van der Waals surface area contributed by atoms with Gasteiger partial charge in [0.15, 0.2) is 5.69 Å². The Labute approximate surface area is 102 Å². The first-order valence-corrected chi connectivity index (χ1v) is 5.12. The molecule has 2 aromatic rings. The highest BCUT2D eigenvalue weighted by Gasteiger charge is 2.12. The number of nitrogens with zero attached hydrogens (tertiary/aromatic N) is 2. The van der Waals surface area contributed by atoms with Crippen LogP contribution in [-0.2, 0) is 0 Å². The van der Waals surface area contributed by atoms with E-state index >= 15 is 0 Å². The summed E-state index contributed by atoms with van der Waals surface area (Å²) in [5, 5.41) is 21.5. The number of aromatic carboxylic acids is 2. The van der Waals surface area contributed by atoms with Gasteiger partial charge in [0.2, 0.25) is 0 Å². The number of hydrogen-bond acceptors (Lipinski definition) is 3. The fraction of sp³-hybridized carbons (Fsp3) is 0.0833. The summed E-state index contributed by atoms with van der Waals surface area (Å²) in [4.78, 5) is 21.5. The predicted molar refractivity (Wildman–Crippen MR) is 62.2 cm³/mol. The number of carboxylic acids is 2. The lowest BCUT2D eigenvalue weighted by molar-refractivity contribution is 0.0682. The molecule has 2 N–H and O–H groups in total. The number of aryl methyl sites for hydroxylation is 1. The van der Waals surface area contributed by atoms with Gasteiger partial charge in [-0.15, -0.1) is 0 Å². The van der Waals surface area contributed by atoms with Crippen molar-refractivity contribution >= 4 is 11.9 Å². The highest BCUT2D eigenvalue weighted by atomic mass is 16.4. The molecule has 1 aromatic heterocycles. The number of carboxylic acid groups (broad SMARTS) is 2. The van der Waals surface area contributed by atoms with Crippen molar-refractivity contribution in [2.75, 3.05) is 0 Å². The minimum Gasteiger partial charge on any atom is -0.478 e. The van der Waals surface area contributed by atoms with Crippen molar-refractivity contribution in [2.24, 2.45) is 0 Å². The monoisotopic (exact) mass is 246 g/mol. The van der Waals surface area contributed by atoms with Gasteiger partial charge < -0.3 is 10.2 Å². The van der Waals surface area contributed by atoms with Crippen molar-refractivity contribution in [3.05, 3.63) is 47.3 Å². The van der Waals surface area contributed by atoms with E-state index < -0.39 is 11.9 Å². The molecule has 0 aliphatic heterocycles. The summed E-state index contributed by atoms with van der Waals surface area (Å²) in [7, 11) is 0. The minimum absolute atomic E-state index is 0.0465. The summed E-state index contributed by atoms with van der Waals surface area (Å²) in [5.41, 5.74) is 1.40. The van der Waals surface area contributed by atoms with Gasteiger partial charge in [0.25, 0.3) is 0 Å². The van der Waals surface area contributed by atoms with Crippen molar-refractivity contribution in [3.8, 4) is 5.69 Å². The normalized spacial score (nSPS) is 10.3. The lowest BCUT2D eigenvalue weighted by Crippen LogP contribution is -2.03. The maximum atomic E-state index is 10.8. The molecule has 0 aliphatic rings. The molecule has 18 heavy (non-hydrogen) atoms. The Kier molecular flexibility index (Phi) is 2.85. The molecule has 0 radical (unpaired) electrons. The standard InChI is InChI=1S/C12H10N2O4/c1-7-6-10(12(17)18)13-14(7)9-4-2-8(3-5-9)11(15)16/h2-6H,1H3,(H,15,16)(H,17,18). The second kappa shape index (κ2) is 4.33. The number of rotatable bonds is 3. The fourth-order valence-corrected chi connectivity index (χ4v) is 1.59. The molecule has 0 bridgehead atoms. The molecule has 6 nitrogen and oxygen atoms in total. The molecule has 0 unspecified atom stereocenters. The van der Waals surface area contributed by atoms with Crippen LogP contribution in [-0.4, -0.2) is 31.9 Å². The first kappa shape index (κ1) is 11.8. The Morgan fingerprint density at radius 2 is 1.72 bits per heavy atom. The topological polar surface area (TPSA) is 92.4 Å². The van der Waals surface area contributed by atoms with Crippen molar-refractivity contribution < 1.29 is 19.8 Å². The van der Waals surface area contributed by atoms with Crippen LogP contribution >= 0.6 is 0 Å². The van der Waals surface area contributed by atoms with Crippen LogP contribution in [0.3, 0.4) is 0 Å². The molecular formula is C12H10N2O4. The lowest BCUT2D eigenvalue weighted by atomic mass is 10.2. The van der Waals surface area contributed by atoms with Crippen LogP contribution in [0.25, 0.3) is 5.69 Å². The zero-order valence-electron chi connectivity index (χ0n) is 9.49. The van der Waals surface area contributed by atoms with Gasteiger partial charge >= 0.3 is 11.9 Å².